The molecule has 0 unspecified atom stereocenters. The summed E-state index contributed by atoms with van der Waals surface area (Å²) >= 11 is 0. The van der Waals surface area contributed by atoms with Gasteiger partial charge in [0.25, 0.3) is 5.89 Å². The minimum Gasteiger partial charge on any atom is -0.459 e. The van der Waals surface area contributed by atoms with E-state index in [9.17, 15) is 4.79 Å². The predicted molar refractivity (Wildman–Crippen MR) is 90.7 cm³/mol. The van der Waals surface area contributed by atoms with Gasteiger partial charge in [0.15, 0.2) is 5.76 Å². The molecule has 0 aromatic carbocycles. The summed E-state index contributed by atoms with van der Waals surface area (Å²) in [7, 11) is 1.80. The number of carbonyl (C=O) groups excluding carboxylic acids is 1. The van der Waals surface area contributed by atoms with Crippen LogP contribution in [0.3, 0.4) is 0 Å². The lowest BCUT2D eigenvalue weighted by Gasteiger charge is -2.13. The van der Waals surface area contributed by atoms with Crippen LogP contribution in [0.15, 0.2) is 39.5 Å². The Hall–Kier alpha value is -3.00. The largest absolute Gasteiger partial charge is 0.459 e. The molecule has 0 atom stereocenters. The van der Waals surface area contributed by atoms with E-state index in [1.807, 2.05) is 26.0 Å². The third-order valence-electron chi connectivity index (χ3n) is 3.52. The fraction of sp³-hybridized carbons (Fsp3) is 0.294. The number of hydrogen-bond donors (Lipinski definition) is 1. The monoisotopic (exact) mass is 341 g/mol. The zero-order chi connectivity index (χ0) is 17.8. The molecule has 3 aromatic rings. The molecule has 1 amide bonds. The summed E-state index contributed by atoms with van der Waals surface area (Å²) in [5, 5.41) is 10.7. The van der Waals surface area contributed by atoms with Gasteiger partial charge in [0.2, 0.25) is 11.8 Å². The van der Waals surface area contributed by atoms with Gasteiger partial charge in [-0.05, 0) is 38.6 Å². The van der Waals surface area contributed by atoms with Gasteiger partial charge in [-0.3, -0.25) is 9.69 Å². The Balaban J connectivity index is 1.54. The van der Waals surface area contributed by atoms with E-state index in [1.165, 1.54) is 0 Å². The number of aromatic nitrogens is 3. The standard InChI is InChI=1S/C17H19N5O3/c1-11-4-5-13(18-8-11)19-14(23)9-22(3)10-15-20-21-17(25-15)16-12(2)6-7-24-16/h4-8H,9-10H2,1-3H3,(H,18,19,23). The number of anilines is 1. The van der Waals surface area contributed by atoms with Crippen LogP contribution in [0.5, 0.6) is 0 Å². The molecule has 0 saturated heterocycles. The molecule has 0 aliphatic heterocycles. The van der Waals surface area contributed by atoms with Crippen molar-refractivity contribution >= 4 is 11.7 Å². The van der Waals surface area contributed by atoms with Crippen molar-refractivity contribution in [3.05, 3.63) is 47.7 Å². The lowest BCUT2D eigenvalue weighted by atomic mass is 10.3. The summed E-state index contributed by atoms with van der Waals surface area (Å²) in [4.78, 5) is 18.0. The second-order valence-electron chi connectivity index (χ2n) is 5.87. The molecule has 8 heteroatoms. The molecular formula is C17H19N5O3. The maximum absolute atomic E-state index is 12.1. The van der Waals surface area contributed by atoms with Crippen LogP contribution in [-0.4, -0.2) is 39.6 Å². The Morgan fingerprint density at radius 1 is 1.24 bits per heavy atom. The van der Waals surface area contributed by atoms with E-state index >= 15 is 0 Å². The van der Waals surface area contributed by atoms with Gasteiger partial charge >= 0.3 is 0 Å². The number of amides is 1. The third kappa shape index (κ3) is 4.30. The predicted octanol–water partition coefficient (Wildman–Crippen LogP) is 2.41. The first kappa shape index (κ1) is 16.8. The summed E-state index contributed by atoms with van der Waals surface area (Å²) in [5.74, 6) is 1.66. The summed E-state index contributed by atoms with van der Waals surface area (Å²) in [5.41, 5.74) is 1.96. The van der Waals surface area contributed by atoms with E-state index in [-0.39, 0.29) is 12.5 Å². The van der Waals surface area contributed by atoms with E-state index in [4.69, 9.17) is 8.83 Å². The number of nitrogens with zero attached hydrogens (tertiary/aromatic N) is 4. The van der Waals surface area contributed by atoms with Gasteiger partial charge in [0, 0.05) is 11.8 Å². The molecule has 1 N–H and O–H groups in total. The van der Waals surface area contributed by atoms with Gasteiger partial charge in [0.05, 0.1) is 19.4 Å². The van der Waals surface area contributed by atoms with Crippen molar-refractivity contribution in [2.45, 2.75) is 20.4 Å². The maximum Gasteiger partial charge on any atom is 0.283 e. The van der Waals surface area contributed by atoms with Crippen molar-refractivity contribution in [3.63, 3.8) is 0 Å². The van der Waals surface area contributed by atoms with Crippen LogP contribution in [0.25, 0.3) is 11.7 Å². The third-order valence-corrected chi connectivity index (χ3v) is 3.52. The maximum atomic E-state index is 12.1. The lowest BCUT2D eigenvalue weighted by molar-refractivity contribution is -0.117. The Labute approximate surface area is 144 Å². The van der Waals surface area contributed by atoms with Crippen molar-refractivity contribution in [2.24, 2.45) is 0 Å². The molecule has 3 rings (SSSR count). The zero-order valence-corrected chi connectivity index (χ0v) is 14.3. The average molecular weight is 341 g/mol. The Kier molecular flexibility index (Phi) is 4.90. The van der Waals surface area contributed by atoms with Crippen LogP contribution in [0.1, 0.15) is 17.0 Å². The van der Waals surface area contributed by atoms with Crippen molar-refractivity contribution in [1.29, 1.82) is 0 Å². The number of hydrogen-bond acceptors (Lipinski definition) is 7. The van der Waals surface area contributed by atoms with E-state index in [1.54, 1.807) is 30.5 Å². The Bertz CT molecular complexity index is 853. The first-order valence-corrected chi connectivity index (χ1v) is 7.79. The van der Waals surface area contributed by atoms with Crippen molar-refractivity contribution in [3.8, 4) is 11.7 Å². The SMILES string of the molecule is Cc1ccc(NC(=O)CN(C)Cc2nnc(-c3occc3C)o2)nc1. The number of rotatable bonds is 6. The fourth-order valence-electron chi connectivity index (χ4n) is 2.26. The minimum absolute atomic E-state index is 0.166. The number of nitrogens with one attached hydrogen (secondary N) is 1. The molecule has 0 saturated carbocycles. The summed E-state index contributed by atoms with van der Waals surface area (Å²) in [6, 6.07) is 5.49. The van der Waals surface area contributed by atoms with Crippen LogP contribution < -0.4 is 5.32 Å². The Morgan fingerprint density at radius 3 is 2.76 bits per heavy atom. The highest BCUT2D eigenvalue weighted by Crippen LogP contribution is 2.22. The van der Waals surface area contributed by atoms with Gasteiger partial charge < -0.3 is 14.2 Å². The molecule has 0 radical (unpaired) electrons. The number of likely N-dealkylation sites (N-methyl/N-ethyl adjacent to an activating group) is 1. The van der Waals surface area contributed by atoms with E-state index in [2.05, 4.69) is 20.5 Å². The highest BCUT2D eigenvalue weighted by Gasteiger charge is 2.16. The number of pyridine rings is 1. The number of carbonyl (C=O) groups is 1. The van der Waals surface area contributed by atoms with Gasteiger partial charge in [-0.2, -0.15) is 0 Å². The van der Waals surface area contributed by atoms with Gasteiger partial charge in [-0.15, -0.1) is 10.2 Å². The van der Waals surface area contributed by atoms with Crippen molar-refractivity contribution in [1.82, 2.24) is 20.1 Å². The quantitative estimate of drug-likeness (QED) is 0.735. The van der Waals surface area contributed by atoms with Crippen LogP contribution in [0.2, 0.25) is 0 Å². The molecule has 3 heterocycles. The van der Waals surface area contributed by atoms with Crippen LogP contribution in [-0.2, 0) is 11.3 Å². The normalized spacial score (nSPS) is 11.0. The second-order valence-corrected chi connectivity index (χ2v) is 5.87. The van der Waals surface area contributed by atoms with Gasteiger partial charge in [-0.25, -0.2) is 4.98 Å². The highest BCUT2D eigenvalue weighted by atomic mass is 16.4. The molecule has 0 aliphatic carbocycles. The molecule has 0 spiro atoms. The van der Waals surface area contributed by atoms with Crippen molar-refractivity contribution < 1.29 is 13.6 Å². The molecule has 3 aromatic heterocycles. The van der Waals surface area contributed by atoms with E-state index in [0.717, 1.165) is 11.1 Å². The topological polar surface area (TPSA) is 97.3 Å². The number of aryl methyl sites for hydroxylation is 2. The molecule has 0 bridgehead atoms. The fourth-order valence-corrected chi connectivity index (χ4v) is 2.26. The van der Waals surface area contributed by atoms with Crippen LogP contribution in [0.4, 0.5) is 5.82 Å². The molecule has 0 aliphatic rings. The minimum atomic E-state index is -0.166. The molecule has 0 fully saturated rings. The summed E-state index contributed by atoms with van der Waals surface area (Å²) in [6.45, 7) is 4.36. The smallest absolute Gasteiger partial charge is 0.283 e. The number of furan rings is 1. The summed E-state index contributed by atoms with van der Waals surface area (Å²) in [6.07, 6.45) is 3.28. The van der Waals surface area contributed by atoms with Crippen molar-refractivity contribution in [2.75, 3.05) is 18.9 Å². The average Bonchev–Trinajstić information content (AvgIpc) is 3.18. The van der Waals surface area contributed by atoms with Crippen LogP contribution in [0, 0.1) is 13.8 Å². The zero-order valence-electron chi connectivity index (χ0n) is 14.3. The second kappa shape index (κ2) is 7.27. The van der Waals surface area contributed by atoms with E-state index < -0.39 is 0 Å². The summed E-state index contributed by atoms with van der Waals surface area (Å²) < 4.78 is 10.9. The first-order valence-electron chi connectivity index (χ1n) is 7.79. The molecular weight excluding hydrogens is 322 g/mol. The Morgan fingerprint density at radius 2 is 2.08 bits per heavy atom. The lowest BCUT2D eigenvalue weighted by Crippen LogP contribution is -2.30. The van der Waals surface area contributed by atoms with Gasteiger partial charge in [0.1, 0.15) is 5.82 Å². The molecule has 130 valence electrons. The van der Waals surface area contributed by atoms with Crippen LogP contribution >= 0.6 is 0 Å². The van der Waals surface area contributed by atoms with E-state index in [0.29, 0.717) is 29.9 Å². The highest BCUT2D eigenvalue weighted by molar-refractivity contribution is 5.91. The molecule has 25 heavy (non-hydrogen) atoms. The van der Waals surface area contributed by atoms with Gasteiger partial charge in [-0.1, -0.05) is 6.07 Å². The molecule has 8 nitrogen and oxygen atoms in total. The first-order chi connectivity index (χ1) is 12.0.